The molecule has 0 unspecified atom stereocenters. The fraction of sp³-hybridized carbons (Fsp3) is 0.462. The molecule has 1 atom stereocenters. The van der Waals surface area contributed by atoms with Crippen molar-refractivity contribution < 1.29 is 8.42 Å². The van der Waals surface area contributed by atoms with Gasteiger partial charge in [-0.3, -0.25) is 4.68 Å². The summed E-state index contributed by atoms with van der Waals surface area (Å²) in [7, 11) is -3.45. The molecule has 0 aliphatic rings. The van der Waals surface area contributed by atoms with E-state index in [1.807, 2.05) is 25.3 Å². The van der Waals surface area contributed by atoms with E-state index in [1.54, 1.807) is 22.2 Å². The van der Waals surface area contributed by atoms with Gasteiger partial charge in [0.15, 0.2) is 0 Å². The molecule has 1 N–H and O–H groups in total. The monoisotopic (exact) mass is 313 g/mol. The summed E-state index contributed by atoms with van der Waals surface area (Å²) in [5, 5.41) is 6.02. The largest absolute Gasteiger partial charge is 0.272 e. The van der Waals surface area contributed by atoms with Crippen molar-refractivity contribution in [2.24, 2.45) is 5.92 Å². The summed E-state index contributed by atoms with van der Waals surface area (Å²) in [6, 6.07) is 4.08. The number of nitrogens with one attached hydrogen (secondary N) is 1. The van der Waals surface area contributed by atoms with Crippen LogP contribution in [0.3, 0.4) is 0 Å². The Morgan fingerprint density at radius 2 is 2.30 bits per heavy atom. The van der Waals surface area contributed by atoms with Gasteiger partial charge in [-0.1, -0.05) is 13.0 Å². The van der Waals surface area contributed by atoms with Crippen molar-refractivity contribution in [3.8, 4) is 0 Å². The van der Waals surface area contributed by atoms with Gasteiger partial charge in [-0.05, 0) is 30.7 Å². The van der Waals surface area contributed by atoms with Gasteiger partial charge in [0.25, 0.3) is 0 Å². The standard InChI is InChI=1S/C13H19N3O2S2/c1-3-16-10-13(9-14-16)20(17,18)15-8-11(2)7-12-5-4-6-19-12/h4-6,9-11,15H,3,7-8H2,1-2H3/t11-/m0/s1. The Labute approximate surface area is 123 Å². The van der Waals surface area contributed by atoms with Gasteiger partial charge < -0.3 is 0 Å². The van der Waals surface area contributed by atoms with Gasteiger partial charge in [-0.2, -0.15) is 5.10 Å². The summed E-state index contributed by atoms with van der Waals surface area (Å²) in [5.74, 6) is 0.254. The van der Waals surface area contributed by atoms with Crippen molar-refractivity contribution in [1.29, 1.82) is 0 Å². The zero-order valence-electron chi connectivity index (χ0n) is 11.6. The summed E-state index contributed by atoms with van der Waals surface area (Å²) in [5.41, 5.74) is 0. The third-order valence-electron chi connectivity index (χ3n) is 3.00. The normalized spacial score (nSPS) is 13.5. The highest BCUT2D eigenvalue weighted by atomic mass is 32.2. The third-order valence-corrected chi connectivity index (χ3v) is 5.27. The second-order valence-electron chi connectivity index (χ2n) is 4.77. The molecule has 2 rings (SSSR count). The van der Waals surface area contributed by atoms with Gasteiger partial charge in [-0.15, -0.1) is 11.3 Å². The molecule has 20 heavy (non-hydrogen) atoms. The van der Waals surface area contributed by atoms with Crippen LogP contribution in [-0.2, 0) is 23.0 Å². The summed E-state index contributed by atoms with van der Waals surface area (Å²) in [4.78, 5) is 1.50. The fourth-order valence-electron chi connectivity index (χ4n) is 1.84. The Hall–Kier alpha value is -1.18. The first-order chi connectivity index (χ1) is 9.51. The Morgan fingerprint density at radius 3 is 2.90 bits per heavy atom. The SMILES string of the molecule is CCn1cc(S(=O)(=O)NC[C@@H](C)Cc2cccs2)cn1. The zero-order chi connectivity index (χ0) is 14.6. The molecule has 0 saturated carbocycles. The highest BCUT2D eigenvalue weighted by molar-refractivity contribution is 7.89. The van der Waals surface area contributed by atoms with Gasteiger partial charge in [-0.25, -0.2) is 13.1 Å². The van der Waals surface area contributed by atoms with Gasteiger partial charge in [0.1, 0.15) is 4.90 Å². The second kappa shape index (κ2) is 6.51. The lowest BCUT2D eigenvalue weighted by atomic mass is 10.1. The minimum Gasteiger partial charge on any atom is -0.272 e. The van der Waals surface area contributed by atoms with E-state index in [9.17, 15) is 8.42 Å². The maximum Gasteiger partial charge on any atom is 0.243 e. The van der Waals surface area contributed by atoms with Crippen molar-refractivity contribution in [1.82, 2.24) is 14.5 Å². The molecule has 0 aliphatic carbocycles. The Kier molecular flexibility index (Phi) is 4.95. The van der Waals surface area contributed by atoms with Crippen LogP contribution in [0, 0.1) is 5.92 Å². The van der Waals surface area contributed by atoms with Crippen LogP contribution < -0.4 is 4.72 Å². The number of aromatic nitrogens is 2. The average molecular weight is 313 g/mol. The van der Waals surface area contributed by atoms with E-state index in [1.165, 1.54) is 11.1 Å². The lowest BCUT2D eigenvalue weighted by molar-refractivity contribution is 0.539. The third kappa shape index (κ3) is 3.91. The Balaban J connectivity index is 1.91. The highest BCUT2D eigenvalue weighted by Gasteiger charge is 2.17. The van der Waals surface area contributed by atoms with Gasteiger partial charge in [0.05, 0.1) is 6.20 Å². The van der Waals surface area contributed by atoms with Gasteiger partial charge in [0.2, 0.25) is 10.0 Å². The van der Waals surface area contributed by atoms with E-state index in [0.717, 1.165) is 6.42 Å². The number of hydrogen-bond donors (Lipinski definition) is 1. The van der Waals surface area contributed by atoms with Crippen LogP contribution >= 0.6 is 11.3 Å². The minimum atomic E-state index is -3.45. The quantitative estimate of drug-likeness (QED) is 0.851. The van der Waals surface area contributed by atoms with Crippen LogP contribution in [0.2, 0.25) is 0 Å². The summed E-state index contributed by atoms with van der Waals surface area (Å²) in [6.45, 7) is 5.04. The van der Waals surface area contributed by atoms with E-state index in [4.69, 9.17) is 0 Å². The van der Waals surface area contributed by atoms with E-state index in [2.05, 4.69) is 15.9 Å². The van der Waals surface area contributed by atoms with Crippen LogP contribution in [-0.4, -0.2) is 24.7 Å². The molecule has 2 aromatic rings. The molecule has 0 aromatic carbocycles. The predicted molar refractivity (Wildman–Crippen MR) is 80.3 cm³/mol. The van der Waals surface area contributed by atoms with Crippen molar-refractivity contribution in [2.45, 2.75) is 31.7 Å². The topological polar surface area (TPSA) is 64.0 Å². The molecule has 110 valence electrons. The van der Waals surface area contributed by atoms with Crippen molar-refractivity contribution in [2.75, 3.05) is 6.54 Å². The van der Waals surface area contributed by atoms with E-state index < -0.39 is 10.0 Å². The van der Waals surface area contributed by atoms with E-state index in [-0.39, 0.29) is 10.8 Å². The molecule has 0 spiro atoms. The van der Waals surface area contributed by atoms with Crippen molar-refractivity contribution in [3.05, 3.63) is 34.8 Å². The molecule has 2 aromatic heterocycles. The molecule has 2 heterocycles. The van der Waals surface area contributed by atoms with Crippen LogP contribution in [0.25, 0.3) is 0 Å². The lowest BCUT2D eigenvalue weighted by Gasteiger charge is -2.11. The van der Waals surface area contributed by atoms with Crippen LogP contribution in [0.1, 0.15) is 18.7 Å². The highest BCUT2D eigenvalue weighted by Crippen LogP contribution is 2.14. The maximum absolute atomic E-state index is 12.1. The van der Waals surface area contributed by atoms with Crippen molar-refractivity contribution in [3.63, 3.8) is 0 Å². The molecular weight excluding hydrogens is 294 g/mol. The summed E-state index contributed by atoms with van der Waals surface area (Å²) >= 11 is 1.70. The van der Waals surface area contributed by atoms with Crippen molar-refractivity contribution >= 4 is 21.4 Å². The number of rotatable bonds is 7. The van der Waals surface area contributed by atoms with Gasteiger partial charge >= 0.3 is 0 Å². The molecule has 0 bridgehead atoms. The molecular formula is C13H19N3O2S2. The molecule has 0 amide bonds. The first-order valence-electron chi connectivity index (χ1n) is 6.55. The molecule has 0 fully saturated rings. The molecule has 0 saturated heterocycles. The smallest absolute Gasteiger partial charge is 0.243 e. The van der Waals surface area contributed by atoms with Crippen LogP contribution in [0.4, 0.5) is 0 Å². The zero-order valence-corrected chi connectivity index (χ0v) is 13.2. The molecule has 0 radical (unpaired) electrons. The van der Waals surface area contributed by atoms with Gasteiger partial charge in [0, 0.05) is 24.2 Å². The number of thiophene rings is 1. The molecule has 5 nitrogen and oxygen atoms in total. The maximum atomic E-state index is 12.1. The fourth-order valence-corrected chi connectivity index (χ4v) is 3.82. The average Bonchev–Trinajstić information content (AvgIpc) is 3.07. The lowest BCUT2D eigenvalue weighted by Crippen LogP contribution is -2.28. The van der Waals surface area contributed by atoms with E-state index in [0.29, 0.717) is 13.1 Å². The first-order valence-corrected chi connectivity index (χ1v) is 8.92. The number of aryl methyl sites for hydroxylation is 1. The molecule has 0 aliphatic heterocycles. The number of hydrogen-bond acceptors (Lipinski definition) is 4. The Bertz CT molecular complexity index is 632. The minimum absolute atomic E-state index is 0.225. The van der Waals surface area contributed by atoms with E-state index >= 15 is 0 Å². The summed E-state index contributed by atoms with van der Waals surface area (Å²) < 4.78 is 28.5. The number of nitrogens with zero attached hydrogens (tertiary/aromatic N) is 2. The Morgan fingerprint density at radius 1 is 1.50 bits per heavy atom. The summed E-state index contributed by atoms with van der Waals surface area (Å²) in [6.07, 6.45) is 3.82. The molecule has 7 heteroatoms. The second-order valence-corrected chi connectivity index (χ2v) is 7.57. The van der Waals surface area contributed by atoms with Crippen LogP contribution in [0.5, 0.6) is 0 Å². The first kappa shape index (κ1) is 15.2. The van der Waals surface area contributed by atoms with Crippen LogP contribution in [0.15, 0.2) is 34.8 Å². The predicted octanol–water partition coefficient (Wildman–Crippen LogP) is 2.12. The number of sulfonamides is 1.